The number of hydrogen-bond donors (Lipinski definition) is 0. The lowest BCUT2D eigenvalue weighted by molar-refractivity contribution is -0.130. The van der Waals surface area contributed by atoms with Gasteiger partial charge in [-0.25, -0.2) is 9.37 Å². The van der Waals surface area contributed by atoms with Crippen LogP contribution in [0.5, 0.6) is 0 Å². The van der Waals surface area contributed by atoms with Gasteiger partial charge in [-0.2, -0.15) is 0 Å². The van der Waals surface area contributed by atoms with Gasteiger partial charge >= 0.3 is 0 Å². The minimum Gasteiger partial charge on any atom is -0.355 e. The lowest BCUT2D eigenvalue weighted by Gasteiger charge is -2.59. The number of carbonyl (C=O) groups is 1. The first kappa shape index (κ1) is 23.4. The molecule has 1 spiro atoms. The predicted octanol–water partition coefficient (Wildman–Crippen LogP) is 3.55. The van der Waals surface area contributed by atoms with Crippen LogP contribution in [-0.2, 0) is 17.9 Å². The van der Waals surface area contributed by atoms with Gasteiger partial charge in [-0.15, -0.1) is 10.2 Å². The van der Waals surface area contributed by atoms with Crippen molar-refractivity contribution < 1.29 is 9.18 Å². The lowest BCUT2D eigenvalue weighted by Crippen LogP contribution is -2.62. The van der Waals surface area contributed by atoms with Gasteiger partial charge in [0, 0.05) is 50.1 Å². The Morgan fingerprint density at radius 1 is 1.17 bits per heavy atom. The molecule has 3 aliphatic rings. The molecule has 1 amide bonds. The average molecular weight is 510 g/mol. The number of likely N-dealkylation sites (N-methyl/N-ethyl adjacent to an activating group) is 1. The summed E-state index contributed by atoms with van der Waals surface area (Å²) in [6.45, 7) is 5.02. The third-order valence-electron chi connectivity index (χ3n) is 7.76. The number of hydrogen-bond acceptors (Lipinski definition) is 6. The smallest absolute Gasteiger partial charge is 0.236 e. The lowest BCUT2D eigenvalue weighted by atomic mass is 9.57. The van der Waals surface area contributed by atoms with E-state index in [1.807, 2.05) is 18.2 Å². The maximum absolute atomic E-state index is 13.6. The fourth-order valence-corrected chi connectivity index (χ4v) is 6.05. The molecule has 1 aliphatic carbocycles. The van der Waals surface area contributed by atoms with Gasteiger partial charge in [0.15, 0.2) is 5.82 Å². The number of aromatic nitrogens is 4. The van der Waals surface area contributed by atoms with Crippen molar-refractivity contribution in [3.63, 3.8) is 0 Å². The SMILES string of the molecule is Cc1nc(N2CC3(CC(c4nnc5n4-c4ccc(Cl)cc4CN(CC(=O)N(C)C)C5)C3)C2)ccc1F. The average Bonchev–Trinajstić information content (AvgIpc) is 3.10. The molecule has 0 unspecified atom stereocenters. The zero-order valence-corrected chi connectivity index (χ0v) is 21.5. The number of amides is 1. The number of rotatable bonds is 4. The second-order valence-electron chi connectivity index (χ2n) is 10.7. The zero-order valence-electron chi connectivity index (χ0n) is 20.7. The summed E-state index contributed by atoms with van der Waals surface area (Å²) in [5.74, 6) is 2.77. The summed E-state index contributed by atoms with van der Waals surface area (Å²) >= 11 is 6.36. The van der Waals surface area contributed by atoms with Crippen LogP contribution in [0, 0.1) is 18.2 Å². The van der Waals surface area contributed by atoms with Gasteiger partial charge in [-0.1, -0.05) is 11.6 Å². The van der Waals surface area contributed by atoms with Gasteiger partial charge in [0.1, 0.15) is 17.5 Å². The molecule has 10 heteroatoms. The normalized spacial score (nSPS) is 18.8. The number of halogens is 2. The van der Waals surface area contributed by atoms with E-state index >= 15 is 0 Å². The largest absolute Gasteiger partial charge is 0.355 e. The van der Waals surface area contributed by atoms with Gasteiger partial charge in [0.2, 0.25) is 5.91 Å². The van der Waals surface area contributed by atoms with Crippen LogP contribution in [0.2, 0.25) is 5.02 Å². The molecule has 2 aromatic heterocycles. The molecule has 0 N–H and O–H groups in total. The van der Waals surface area contributed by atoms with Gasteiger partial charge in [0.25, 0.3) is 0 Å². The number of benzene rings is 1. The predicted molar refractivity (Wildman–Crippen MR) is 135 cm³/mol. The molecule has 188 valence electrons. The molecular weight excluding hydrogens is 481 g/mol. The van der Waals surface area contributed by atoms with Crippen molar-refractivity contribution in [2.24, 2.45) is 5.41 Å². The molecule has 0 radical (unpaired) electrons. The molecule has 3 aromatic rings. The highest BCUT2D eigenvalue weighted by molar-refractivity contribution is 6.30. The third-order valence-corrected chi connectivity index (χ3v) is 8.00. The van der Waals surface area contributed by atoms with E-state index in [-0.39, 0.29) is 17.1 Å². The summed E-state index contributed by atoms with van der Waals surface area (Å²) < 4.78 is 15.8. The van der Waals surface area contributed by atoms with Crippen LogP contribution in [0.15, 0.2) is 30.3 Å². The molecule has 0 atom stereocenters. The first-order valence-corrected chi connectivity index (χ1v) is 12.6. The molecule has 0 bridgehead atoms. The summed E-state index contributed by atoms with van der Waals surface area (Å²) in [5.41, 5.74) is 2.79. The molecular formula is C26H29ClFN7O. The number of nitrogens with zero attached hydrogens (tertiary/aromatic N) is 7. The highest BCUT2D eigenvalue weighted by Crippen LogP contribution is 2.56. The van der Waals surface area contributed by atoms with Crippen LogP contribution in [0.25, 0.3) is 5.69 Å². The van der Waals surface area contributed by atoms with Crippen molar-refractivity contribution in [3.8, 4) is 5.69 Å². The summed E-state index contributed by atoms with van der Waals surface area (Å²) in [6, 6.07) is 9.17. The Morgan fingerprint density at radius 2 is 1.94 bits per heavy atom. The van der Waals surface area contributed by atoms with E-state index in [9.17, 15) is 9.18 Å². The van der Waals surface area contributed by atoms with Crippen molar-refractivity contribution in [1.82, 2.24) is 29.5 Å². The van der Waals surface area contributed by atoms with E-state index in [0.29, 0.717) is 36.3 Å². The zero-order chi connectivity index (χ0) is 25.2. The number of fused-ring (bicyclic) bond motifs is 3. The summed E-state index contributed by atoms with van der Waals surface area (Å²) in [6.07, 6.45) is 2.07. The van der Waals surface area contributed by atoms with Gasteiger partial charge in [0.05, 0.1) is 24.5 Å². The van der Waals surface area contributed by atoms with Crippen molar-refractivity contribution in [2.75, 3.05) is 38.6 Å². The topological polar surface area (TPSA) is 70.4 Å². The monoisotopic (exact) mass is 509 g/mol. The Morgan fingerprint density at radius 3 is 2.67 bits per heavy atom. The van der Waals surface area contributed by atoms with Crippen LogP contribution < -0.4 is 4.90 Å². The van der Waals surface area contributed by atoms with Gasteiger partial charge in [-0.05, 0) is 55.7 Å². The standard InChI is InChI=1S/C26H29ClFN7O/c1-16-20(28)5-7-22(29-16)34-14-26(15-34)9-18(10-26)25-31-30-23-12-33(13-24(36)32(2)3)11-17-8-19(27)4-6-21(17)35(23)25/h4-8,18H,9-15H2,1-3H3. The molecule has 1 saturated heterocycles. The van der Waals surface area contributed by atoms with Crippen LogP contribution >= 0.6 is 11.6 Å². The van der Waals surface area contributed by atoms with Crippen molar-refractivity contribution in [3.05, 3.63) is 64.1 Å². The number of pyridine rings is 1. The van der Waals surface area contributed by atoms with Crippen LogP contribution in [0.3, 0.4) is 0 Å². The highest BCUT2D eigenvalue weighted by atomic mass is 35.5. The highest BCUT2D eigenvalue weighted by Gasteiger charge is 2.54. The summed E-state index contributed by atoms with van der Waals surface area (Å²) in [4.78, 5) is 22.8. The van der Waals surface area contributed by atoms with Crippen molar-refractivity contribution in [1.29, 1.82) is 0 Å². The second-order valence-corrected chi connectivity index (χ2v) is 11.2. The van der Waals surface area contributed by atoms with Crippen LogP contribution in [0.1, 0.15) is 41.7 Å². The van der Waals surface area contributed by atoms with E-state index in [4.69, 9.17) is 11.6 Å². The summed E-state index contributed by atoms with van der Waals surface area (Å²) in [5, 5.41) is 9.89. The second kappa shape index (κ2) is 8.52. The number of aryl methyl sites for hydroxylation is 1. The Hall–Kier alpha value is -3.04. The molecule has 1 aromatic carbocycles. The minimum atomic E-state index is -0.267. The molecule has 2 fully saturated rings. The maximum atomic E-state index is 13.6. The van der Waals surface area contributed by atoms with Crippen molar-refractivity contribution >= 4 is 23.3 Å². The fraction of sp³-hybridized carbons (Fsp3) is 0.462. The molecule has 36 heavy (non-hydrogen) atoms. The van der Waals surface area contributed by atoms with E-state index in [1.165, 1.54) is 6.07 Å². The minimum absolute atomic E-state index is 0.0491. The van der Waals surface area contributed by atoms with E-state index in [1.54, 1.807) is 32.0 Å². The summed E-state index contributed by atoms with van der Waals surface area (Å²) in [7, 11) is 3.54. The Bertz CT molecular complexity index is 1340. The Labute approximate surface area is 214 Å². The van der Waals surface area contributed by atoms with Gasteiger partial charge < -0.3 is 9.80 Å². The molecule has 2 aliphatic heterocycles. The molecule has 1 saturated carbocycles. The fourth-order valence-electron chi connectivity index (χ4n) is 5.86. The van der Waals surface area contributed by atoms with Gasteiger partial charge in [-0.3, -0.25) is 14.3 Å². The first-order chi connectivity index (χ1) is 17.2. The third kappa shape index (κ3) is 3.94. The van der Waals surface area contributed by atoms with E-state index < -0.39 is 0 Å². The maximum Gasteiger partial charge on any atom is 0.236 e. The Balaban J connectivity index is 1.22. The molecule has 8 nitrogen and oxygen atoms in total. The van der Waals surface area contributed by atoms with Crippen LogP contribution in [-0.4, -0.2) is 69.2 Å². The number of anilines is 1. The molecule has 6 rings (SSSR count). The van der Waals surface area contributed by atoms with Crippen LogP contribution in [0.4, 0.5) is 10.2 Å². The van der Waals surface area contributed by atoms with E-state index in [2.05, 4.69) is 29.5 Å². The van der Waals surface area contributed by atoms with Crippen molar-refractivity contribution in [2.45, 2.75) is 38.8 Å². The molecule has 4 heterocycles. The Kier molecular flexibility index (Phi) is 5.53. The van der Waals surface area contributed by atoms with E-state index in [0.717, 1.165) is 54.6 Å². The first-order valence-electron chi connectivity index (χ1n) is 12.2. The number of carbonyl (C=O) groups excluding carboxylic acids is 1. The quantitative estimate of drug-likeness (QED) is 0.535.